The number of nitrogens with zero attached hydrogens (tertiary/aromatic N) is 7. The highest BCUT2D eigenvalue weighted by molar-refractivity contribution is 7.99. The second-order valence-electron chi connectivity index (χ2n) is 10.6. The molecule has 0 atom stereocenters. The number of para-hydroxylation sites is 1. The quantitative estimate of drug-likeness (QED) is 0.357. The second kappa shape index (κ2) is 11.9. The van der Waals surface area contributed by atoms with Gasteiger partial charge < -0.3 is 19.0 Å². The highest BCUT2D eigenvalue weighted by Crippen LogP contribution is 2.36. The molecule has 1 aromatic heterocycles. The fraction of sp³-hybridized carbons (Fsp3) is 0.433. The van der Waals surface area contributed by atoms with E-state index in [1.54, 1.807) is 11.9 Å². The largest absolute Gasteiger partial charge is 0.356 e. The normalized spacial score (nSPS) is 17.4. The third-order valence-corrected chi connectivity index (χ3v) is 9.79. The molecule has 210 valence electrons. The zero-order chi connectivity index (χ0) is 27.6. The number of aryl methyl sites for hydroxylation is 1. The van der Waals surface area contributed by atoms with Crippen LogP contribution in [0.2, 0.25) is 0 Å². The van der Waals surface area contributed by atoms with E-state index < -0.39 is 0 Å². The van der Waals surface area contributed by atoms with Crippen LogP contribution >= 0.6 is 23.9 Å². The molecule has 2 aromatic carbocycles. The first kappa shape index (κ1) is 27.2. The standard InChI is InChI=1S/C30H37N7OS2/c1-22-20-28(34-13-6-7-14-34)32-30(31-22)35-16-18-36(19-17-35)40-24-10-11-26-23(21-24)12-15-37(26)29(38)25-8-4-5-9-27(25)33(2)39-3/h4-5,8-11,20-21H,6-7,12-19H2,1-3H3. The maximum atomic E-state index is 13.6. The van der Waals surface area contributed by atoms with Gasteiger partial charge in [0.25, 0.3) is 5.91 Å². The molecule has 6 rings (SSSR count). The lowest BCUT2D eigenvalue weighted by Gasteiger charge is -2.34. The van der Waals surface area contributed by atoms with Crippen LogP contribution in [0.15, 0.2) is 53.4 Å². The minimum absolute atomic E-state index is 0.0676. The van der Waals surface area contributed by atoms with E-state index in [0.29, 0.717) is 6.54 Å². The molecule has 0 radical (unpaired) electrons. The number of carbonyl (C=O) groups excluding carboxylic acids is 1. The van der Waals surface area contributed by atoms with Gasteiger partial charge in [0.05, 0.1) is 11.3 Å². The molecule has 10 heteroatoms. The van der Waals surface area contributed by atoms with Crippen LogP contribution in [0.4, 0.5) is 23.1 Å². The molecular weight excluding hydrogens is 539 g/mol. The van der Waals surface area contributed by atoms with Gasteiger partial charge in [0.2, 0.25) is 5.95 Å². The Labute approximate surface area is 246 Å². The molecule has 1 amide bonds. The van der Waals surface area contributed by atoms with Gasteiger partial charge >= 0.3 is 0 Å². The van der Waals surface area contributed by atoms with Crippen LogP contribution in [0.25, 0.3) is 0 Å². The van der Waals surface area contributed by atoms with Crippen LogP contribution in [0.1, 0.15) is 34.5 Å². The van der Waals surface area contributed by atoms with Crippen molar-refractivity contribution in [2.45, 2.75) is 31.1 Å². The molecule has 3 aliphatic heterocycles. The predicted molar refractivity (Wildman–Crippen MR) is 168 cm³/mol. The molecular formula is C30H37N7OS2. The Hall–Kier alpha value is -2.95. The van der Waals surface area contributed by atoms with Crippen molar-refractivity contribution < 1.29 is 4.79 Å². The van der Waals surface area contributed by atoms with Crippen LogP contribution in [-0.4, -0.2) is 79.3 Å². The van der Waals surface area contributed by atoms with Crippen LogP contribution in [0, 0.1) is 6.92 Å². The lowest BCUT2D eigenvalue weighted by molar-refractivity contribution is 0.0990. The van der Waals surface area contributed by atoms with Crippen molar-refractivity contribution in [2.24, 2.45) is 0 Å². The van der Waals surface area contributed by atoms with Gasteiger partial charge in [-0.05, 0) is 74.0 Å². The summed E-state index contributed by atoms with van der Waals surface area (Å²) in [7, 11) is 2.00. The maximum absolute atomic E-state index is 13.6. The minimum atomic E-state index is 0.0676. The molecule has 0 saturated carbocycles. The Balaban J connectivity index is 1.09. The van der Waals surface area contributed by atoms with Crippen LogP contribution < -0.4 is 19.0 Å². The van der Waals surface area contributed by atoms with E-state index in [1.165, 1.54) is 23.3 Å². The Bertz CT molecular complexity index is 1370. The van der Waals surface area contributed by atoms with Crippen molar-refractivity contribution in [3.8, 4) is 0 Å². The molecule has 0 bridgehead atoms. The van der Waals surface area contributed by atoms with E-state index in [9.17, 15) is 4.79 Å². The summed E-state index contributed by atoms with van der Waals surface area (Å²) in [5.74, 6) is 2.00. The number of benzene rings is 2. The van der Waals surface area contributed by atoms with Crippen LogP contribution in [-0.2, 0) is 6.42 Å². The number of amides is 1. The van der Waals surface area contributed by atoms with Gasteiger partial charge in [-0.15, -0.1) is 0 Å². The highest BCUT2D eigenvalue weighted by Gasteiger charge is 2.28. The fourth-order valence-corrected chi connectivity index (χ4v) is 7.06. The molecule has 40 heavy (non-hydrogen) atoms. The summed E-state index contributed by atoms with van der Waals surface area (Å²) < 4.78 is 4.48. The van der Waals surface area contributed by atoms with Crippen molar-refractivity contribution in [3.63, 3.8) is 0 Å². The van der Waals surface area contributed by atoms with E-state index in [-0.39, 0.29) is 5.91 Å². The number of rotatable bonds is 7. The third-order valence-electron chi connectivity index (χ3n) is 7.95. The van der Waals surface area contributed by atoms with E-state index >= 15 is 0 Å². The van der Waals surface area contributed by atoms with E-state index in [1.807, 2.05) is 58.7 Å². The fourth-order valence-electron chi connectivity index (χ4n) is 5.73. The summed E-state index contributed by atoms with van der Waals surface area (Å²) >= 11 is 3.42. The molecule has 8 nitrogen and oxygen atoms in total. The number of hydrogen-bond acceptors (Lipinski definition) is 9. The van der Waals surface area contributed by atoms with Gasteiger partial charge in [0.15, 0.2) is 0 Å². The lowest BCUT2D eigenvalue weighted by Crippen LogP contribution is -2.44. The number of carbonyl (C=O) groups is 1. The summed E-state index contributed by atoms with van der Waals surface area (Å²) in [5.41, 5.74) is 5.01. The van der Waals surface area contributed by atoms with E-state index in [4.69, 9.17) is 9.97 Å². The number of fused-ring (bicyclic) bond motifs is 1. The van der Waals surface area contributed by atoms with Gasteiger partial charge in [-0.3, -0.25) is 4.79 Å². The van der Waals surface area contributed by atoms with Crippen LogP contribution in [0.3, 0.4) is 0 Å². The lowest BCUT2D eigenvalue weighted by atomic mass is 10.1. The smallest absolute Gasteiger partial charge is 0.260 e. The van der Waals surface area contributed by atoms with Crippen molar-refractivity contribution >= 4 is 52.9 Å². The summed E-state index contributed by atoms with van der Waals surface area (Å²) in [6.07, 6.45) is 5.39. The number of hydrogen-bond donors (Lipinski definition) is 0. The number of anilines is 4. The minimum Gasteiger partial charge on any atom is -0.356 e. The molecule has 0 spiro atoms. The van der Waals surface area contributed by atoms with E-state index in [0.717, 1.165) is 80.1 Å². The van der Waals surface area contributed by atoms with E-state index in [2.05, 4.69) is 45.3 Å². The average Bonchev–Trinajstić information content (AvgIpc) is 3.67. The van der Waals surface area contributed by atoms with Gasteiger partial charge in [0.1, 0.15) is 5.82 Å². The molecule has 2 fully saturated rings. The number of piperazine rings is 1. The molecule has 0 N–H and O–H groups in total. The Morgan fingerprint density at radius 3 is 2.45 bits per heavy atom. The monoisotopic (exact) mass is 575 g/mol. The predicted octanol–water partition coefficient (Wildman–Crippen LogP) is 5.13. The molecule has 3 aromatic rings. The average molecular weight is 576 g/mol. The van der Waals surface area contributed by atoms with Gasteiger partial charge in [-0.25, -0.2) is 9.29 Å². The number of aromatic nitrogens is 2. The first-order valence-corrected chi connectivity index (χ1v) is 16.1. The van der Waals surface area contributed by atoms with Crippen molar-refractivity contribution in [1.29, 1.82) is 0 Å². The zero-order valence-electron chi connectivity index (χ0n) is 23.5. The summed E-state index contributed by atoms with van der Waals surface area (Å²) in [6, 6.07) is 16.5. The van der Waals surface area contributed by atoms with Gasteiger partial charge in [0, 0.05) is 81.5 Å². The van der Waals surface area contributed by atoms with Gasteiger partial charge in [-0.2, -0.15) is 4.98 Å². The molecule has 2 saturated heterocycles. The summed E-state index contributed by atoms with van der Waals surface area (Å²) in [4.78, 5) is 31.1. The van der Waals surface area contributed by atoms with Crippen molar-refractivity contribution in [3.05, 3.63) is 65.4 Å². The Kier molecular flexibility index (Phi) is 8.09. The van der Waals surface area contributed by atoms with Crippen molar-refractivity contribution in [2.75, 3.05) is 78.1 Å². The molecule has 4 heterocycles. The Morgan fingerprint density at radius 1 is 0.900 bits per heavy atom. The zero-order valence-corrected chi connectivity index (χ0v) is 25.2. The first-order valence-electron chi connectivity index (χ1n) is 14.1. The van der Waals surface area contributed by atoms with Crippen molar-refractivity contribution in [1.82, 2.24) is 14.3 Å². The second-order valence-corrected chi connectivity index (χ2v) is 12.6. The third kappa shape index (κ3) is 5.62. The highest BCUT2D eigenvalue weighted by atomic mass is 32.2. The summed E-state index contributed by atoms with van der Waals surface area (Å²) in [6.45, 7) is 8.69. The SMILES string of the molecule is CSN(C)c1ccccc1C(=O)N1CCc2cc(SN3CCN(c4nc(C)cc(N5CCCC5)n4)CC3)ccc21. The van der Waals surface area contributed by atoms with Crippen LogP contribution in [0.5, 0.6) is 0 Å². The maximum Gasteiger partial charge on any atom is 0.260 e. The first-order chi connectivity index (χ1) is 19.5. The Morgan fingerprint density at radius 2 is 1.68 bits per heavy atom. The molecule has 0 aliphatic carbocycles. The molecule has 0 unspecified atom stereocenters. The topological polar surface area (TPSA) is 59.1 Å². The van der Waals surface area contributed by atoms with Gasteiger partial charge in [-0.1, -0.05) is 24.1 Å². The molecule has 3 aliphatic rings. The summed E-state index contributed by atoms with van der Waals surface area (Å²) in [5, 5.41) is 0.